The molecule has 1 unspecified atom stereocenters. The third kappa shape index (κ3) is 8.43. The van der Waals surface area contributed by atoms with Gasteiger partial charge in [0, 0.05) is 12.2 Å². The number of aliphatic imine (C=N–C) groups is 1. The summed E-state index contributed by atoms with van der Waals surface area (Å²) >= 11 is 0. The third-order valence-electron chi connectivity index (χ3n) is 4.34. The predicted octanol–water partition coefficient (Wildman–Crippen LogP) is 3.90. The molecular weight excluding hydrogens is 451 g/mol. The highest BCUT2D eigenvalue weighted by atomic mass is 127. The van der Waals surface area contributed by atoms with E-state index in [1.54, 1.807) is 0 Å². The Bertz CT molecular complexity index is 717. The molecule has 0 saturated heterocycles. The van der Waals surface area contributed by atoms with E-state index in [9.17, 15) is 4.79 Å². The SMILES string of the molecule is CCC(C)c1ccc(NC(N)=NCC(=O)NCCc2ccccc2)cc1.I. The van der Waals surface area contributed by atoms with E-state index in [0.717, 1.165) is 18.5 Å². The molecule has 1 amide bonds. The maximum atomic E-state index is 11.8. The molecule has 0 aliphatic carbocycles. The topological polar surface area (TPSA) is 79.5 Å². The number of nitrogens with zero attached hydrogens (tertiary/aromatic N) is 1. The second-order valence-corrected chi connectivity index (χ2v) is 6.34. The number of nitrogens with one attached hydrogen (secondary N) is 2. The second kappa shape index (κ2) is 12.3. The average molecular weight is 480 g/mol. The monoisotopic (exact) mass is 480 g/mol. The summed E-state index contributed by atoms with van der Waals surface area (Å²) in [6, 6.07) is 18.2. The zero-order valence-electron chi connectivity index (χ0n) is 15.9. The van der Waals surface area contributed by atoms with Crippen LogP contribution in [0.1, 0.15) is 37.3 Å². The van der Waals surface area contributed by atoms with Gasteiger partial charge in [-0.15, -0.1) is 24.0 Å². The van der Waals surface area contributed by atoms with Crippen LogP contribution in [0.3, 0.4) is 0 Å². The average Bonchev–Trinajstić information content (AvgIpc) is 2.67. The van der Waals surface area contributed by atoms with E-state index < -0.39 is 0 Å². The fraction of sp³-hybridized carbons (Fsp3) is 0.333. The van der Waals surface area contributed by atoms with Crippen LogP contribution in [0.15, 0.2) is 59.6 Å². The minimum atomic E-state index is -0.141. The number of anilines is 1. The highest BCUT2D eigenvalue weighted by Gasteiger charge is 2.04. The summed E-state index contributed by atoms with van der Waals surface area (Å²) in [7, 11) is 0. The van der Waals surface area contributed by atoms with E-state index in [1.807, 2.05) is 42.5 Å². The molecule has 27 heavy (non-hydrogen) atoms. The molecule has 6 heteroatoms. The van der Waals surface area contributed by atoms with Crippen LogP contribution in [-0.4, -0.2) is 25.0 Å². The molecule has 0 radical (unpaired) electrons. The van der Waals surface area contributed by atoms with Crippen molar-refractivity contribution < 1.29 is 4.79 Å². The lowest BCUT2D eigenvalue weighted by atomic mass is 9.99. The molecule has 2 rings (SSSR count). The highest BCUT2D eigenvalue weighted by molar-refractivity contribution is 14.0. The molecule has 2 aromatic carbocycles. The van der Waals surface area contributed by atoms with E-state index in [-0.39, 0.29) is 42.4 Å². The number of carbonyl (C=O) groups is 1. The number of amides is 1. The number of nitrogens with two attached hydrogens (primary N) is 1. The van der Waals surface area contributed by atoms with Gasteiger partial charge in [0.05, 0.1) is 0 Å². The summed E-state index contributed by atoms with van der Waals surface area (Å²) in [4.78, 5) is 15.9. The van der Waals surface area contributed by atoms with Crippen molar-refractivity contribution in [2.45, 2.75) is 32.6 Å². The maximum Gasteiger partial charge on any atom is 0.241 e. The van der Waals surface area contributed by atoms with Gasteiger partial charge in [-0.05, 0) is 42.0 Å². The fourth-order valence-corrected chi connectivity index (χ4v) is 2.52. The summed E-state index contributed by atoms with van der Waals surface area (Å²) in [5.41, 5.74) is 9.21. The van der Waals surface area contributed by atoms with Crippen LogP contribution >= 0.6 is 24.0 Å². The molecule has 0 aromatic heterocycles. The van der Waals surface area contributed by atoms with Crippen LogP contribution in [0, 0.1) is 0 Å². The van der Waals surface area contributed by atoms with E-state index in [1.165, 1.54) is 11.1 Å². The fourth-order valence-electron chi connectivity index (χ4n) is 2.52. The van der Waals surface area contributed by atoms with Crippen LogP contribution in [0.25, 0.3) is 0 Å². The van der Waals surface area contributed by atoms with Crippen LogP contribution in [0.4, 0.5) is 5.69 Å². The van der Waals surface area contributed by atoms with Crippen molar-refractivity contribution >= 4 is 41.5 Å². The summed E-state index contributed by atoms with van der Waals surface area (Å²) in [5, 5.41) is 5.86. The zero-order chi connectivity index (χ0) is 18.8. The Morgan fingerprint density at radius 2 is 1.78 bits per heavy atom. The van der Waals surface area contributed by atoms with E-state index >= 15 is 0 Å². The summed E-state index contributed by atoms with van der Waals surface area (Å²) in [6.07, 6.45) is 1.91. The first-order valence-electron chi connectivity index (χ1n) is 9.06. The third-order valence-corrected chi connectivity index (χ3v) is 4.34. The van der Waals surface area contributed by atoms with Gasteiger partial charge in [0.2, 0.25) is 5.91 Å². The summed E-state index contributed by atoms with van der Waals surface area (Å²) in [6.45, 7) is 4.97. The Hall–Kier alpha value is -2.09. The number of benzene rings is 2. The lowest BCUT2D eigenvalue weighted by Gasteiger charge is -2.11. The Kier molecular flexibility index (Phi) is 10.5. The minimum absolute atomic E-state index is 0. The normalized spacial score (nSPS) is 12.0. The molecule has 0 spiro atoms. The van der Waals surface area contributed by atoms with Gasteiger partial charge >= 0.3 is 0 Å². The van der Waals surface area contributed by atoms with Crippen molar-refractivity contribution in [2.24, 2.45) is 10.7 Å². The van der Waals surface area contributed by atoms with Gasteiger partial charge in [0.25, 0.3) is 0 Å². The Labute approximate surface area is 178 Å². The van der Waals surface area contributed by atoms with Gasteiger partial charge < -0.3 is 16.4 Å². The van der Waals surface area contributed by atoms with Crippen molar-refractivity contribution in [3.63, 3.8) is 0 Å². The quantitative estimate of drug-likeness (QED) is 0.305. The molecule has 0 bridgehead atoms. The van der Waals surface area contributed by atoms with Gasteiger partial charge in [-0.1, -0.05) is 56.3 Å². The molecule has 0 aliphatic rings. The molecule has 0 heterocycles. The number of halogens is 1. The van der Waals surface area contributed by atoms with Gasteiger partial charge in [-0.3, -0.25) is 4.79 Å². The van der Waals surface area contributed by atoms with Crippen molar-refractivity contribution in [1.29, 1.82) is 0 Å². The number of hydrogen-bond donors (Lipinski definition) is 3. The van der Waals surface area contributed by atoms with Crippen molar-refractivity contribution in [1.82, 2.24) is 5.32 Å². The van der Waals surface area contributed by atoms with E-state index in [0.29, 0.717) is 12.5 Å². The van der Waals surface area contributed by atoms with E-state index in [4.69, 9.17) is 5.73 Å². The molecule has 2 aromatic rings. The van der Waals surface area contributed by atoms with Crippen molar-refractivity contribution in [3.8, 4) is 0 Å². The molecule has 0 aliphatic heterocycles. The van der Waals surface area contributed by atoms with Gasteiger partial charge in [-0.25, -0.2) is 4.99 Å². The highest BCUT2D eigenvalue weighted by Crippen LogP contribution is 2.20. The number of carbonyl (C=O) groups excluding carboxylic acids is 1. The zero-order valence-corrected chi connectivity index (χ0v) is 18.3. The minimum Gasteiger partial charge on any atom is -0.370 e. The lowest BCUT2D eigenvalue weighted by Crippen LogP contribution is -2.30. The second-order valence-electron chi connectivity index (χ2n) is 6.34. The number of guanidine groups is 1. The lowest BCUT2D eigenvalue weighted by molar-refractivity contribution is -0.119. The van der Waals surface area contributed by atoms with Crippen LogP contribution in [0.2, 0.25) is 0 Å². The van der Waals surface area contributed by atoms with Crippen molar-refractivity contribution in [2.75, 3.05) is 18.4 Å². The van der Waals surface area contributed by atoms with Gasteiger partial charge in [0.15, 0.2) is 5.96 Å². The first-order chi connectivity index (χ1) is 12.6. The summed E-state index contributed by atoms with van der Waals surface area (Å²) in [5.74, 6) is 0.631. The number of hydrogen-bond acceptors (Lipinski definition) is 2. The largest absolute Gasteiger partial charge is 0.370 e. The van der Waals surface area contributed by atoms with Gasteiger partial charge in [-0.2, -0.15) is 0 Å². The van der Waals surface area contributed by atoms with Gasteiger partial charge in [0.1, 0.15) is 6.54 Å². The first kappa shape index (κ1) is 23.0. The molecular formula is C21H29IN4O. The predicted molar refractivity (Wildman–Crippen MR) is 124 cm³/mol. The summed E-state index contributed by atoms with van der Waals surface area (Å²) < 4.78 is 0. The Balaban J connectivity index is 0.00000364. The molecule has 5 nitrogen and oxygen atoms in total. The molecule has 146 valence electrons. The molecule has 0 saturated carbocycles. The maximum absolute atomic E-state index is 11.8. The standard InChI is InChI=1S/C21H28N4O.HI/c1-3-16(2)18-9-11-19(12-10-18)25-21(22)24-15-20(26)23-14-13-17-7-5-4-6-8-17;/h4-12,16H,3,13-15H2,1-2H3,(H,23,26)(H3,22,24,25);1H. The van der Waals surface area contributed by atoms with Crippen LogP contribution in [-0.2, 0) is 11.2 Å². The molecule has 4 N–H and O–H groups in total. The molecule has 0 fully saturated rings. The van der Waals surface area contributed by atoms with Crippen LogP contribution < -0.4 is 16.4 Å². The Morgan fingerprint density at radius 1 is 1.11 bits per heavy atom. The smallest absolute Gasteiger partial charge is 0.241 e. The van der Waals surface area contributed by atoms with E-state index in [2.05, 4.69) is 41.6 Å². The Morgan fingerprint density at radius 3 is 2.41 bits per heavy atom. The molecule has 1 atom stereocenters. The van der Waals surface area contributed by atoms with Crippen molar-refractivity contribution in [3.05, 3.63) is 65.7 Å². The first-order valence-corrected chi connectivity index (χ1v) is 9.06. The van der Waals surface area contributed by atoms with Crippen LogP contribution in [0.5, 0.6) is 0 Å². The number of rotatable bonds is 8.